The van der Waals surface area contributed by atoms with Crippen LogP contribution in [0.1, 0.15) is 19.4 Å². The Bertz CT molecular complexity index is 475. The van der Waals surface area contributed by atoms with E-state index in [2.05, 4.69) is 17.2 Å². The smallest absolute Gasteiger partial charge is 0.270 e. The van der Waals surface area contributed by atoms with Crippen molar-refractivity contribution >= 4 is 5.69 Å². The van der Waals surface area contributed by atoms with Crippen LogP contribution >= 0.6 is 0 Å². The Morgan fingerprint density at radius 3 is 2.89 bits per heavy atom. The lowest BCUT2D eigenvalue weighted by Gasteiger charge is -2.09. The monoisotopic (exact) mass is 248 g/mol. The van der Waals surface area contributed by atoms with Gasteiger partial charge in [0.25, 0.3) is 5.69 Å². The molecule has 0 radical (unpaired) electrons. The molecule has 1 rings (SSSR count). The number of benzene rings is 1. The fourth-order valence-electron chi connectivity index (χ4n) is 1.40. The second kappa shape index (κ2) is 7.30. The Balaban J connectivity index is 2.91. The third-order valence-electron chi connectivity index (χ3n) is 2.30. The fourth-order valence-corrected chi connectivity index (χ4v) is 1.40. The molecule has 1 aromatic carbocycles. The molecule has 0 fully saturated rings. The molecule has 0 aromatic heterocycles. The van der Waals surface area contributed by atoms with Gasteiger partial charge in [0.2, 0.25) is 0 Å². The van der Waals surface area contributed by atoms with Crippen molar-refractivity contribution in [3.63, 3.8) is 0 Å². The number of hydrogen-bond acceptors (Lipinski definition) is 4. The summed E-state index contributed by atoms with van der Waals surface area (Å²) >= 11 is 0. The Morgan fingerprint density at radius 2 is 2.28 bits per heavy atom. The van der Waals surface area contributed by atoms with Crippen LogP contribution in [0.25, 0.3) is 0 Å². The summed E-state index contributed by atoms with van der Waals surface area (Å²) in [6, 6.07) is 4.57. The van der Waals surface area contributed by atoms with Crippen molar-refractivity contribution in [3.8, 4) is 17.6 Å². The second-order valence-electron chi connectivity index (χ2n) is 3.54. The molecule has 0 amide bonds. The minimum atomic E-state index is -0.412. The van der Waals surface area contributed by atoms with Gasteiger partial charge in [-0.25, -0.2) is 0 Å². The van der Waals surface area contributed by atoms with Crippen LogP contribution in [0.3, 0.4) is 0 Å². The van der Waals surface area contributed by atoms with E-state index < -0.39 is 4.92 Å². The van der Waals surface area contributed by atoms with Crippen molar-refractivity contribution in [2.45, 2.75) is 20.4 Å². The molecule has 5 heteroatoms. The predicted octanol–water partition coefficient (Wildman–Crippen LogP) is 2.11. The Morgan fingerprint density at radius 1 is 1.50 bits per heavy atom. The quantitative estimate of drug-likeness (QED) is 0.475. The van der Waals surface area contributed by atoms with Gasteiger partial charge in [0, 0.05) is 24.2 Å². The third kappa shape index (κ3) is 4.07. The number of hydrogen-bond donors (Lipinski definition) is 1. The molecule has 0 saturated heterocycles. The molecule has 5 nitrogen and oxygen atoms in total. The highest BCUT2D eigenvalue weighted by Crippen LogP contribution is 2.24. The lowest BCUT2D eigenvalue weighted by Crippen LogP contribution is -2.13. The molecule has 18 heavy (non-hydrogen) atoms. The van der Waals surface area contributed by atoms with E-state index in [1.165, 1.54) is 12.1 Å². The molecule has 0 heterocycles. The molecule has 0 atom stereocenters. The van der Waals surface area contributed by atoms with Gasteiger partial charge < -0.3 is 10.1 Å². The molecular weight excluding hydrogens is 232 g/mol. The molecule has 0 unspecified atom stereocenters. The highest BCUT2D eigenvalue weighted by atomic mass is 16.6. The van der Waals surface area contributed by atoms with Crippen LogP contribution < -0.4 is 10.1 Å². The van der Waals surface area contributed by atoms with Gasteiger partial charge in [0.1, 0.15) is 12.4 Å². The fraction of sp³-hybridized carbons (Fsp3) is 0.385. The highest BCUT2D eigenvalue weighted by Gasteiger charge is 2.11. The van der Waals surface area contributed by atoms with Crippen LogP contribution in [0.4, 0.5) is 5.69 Å². The van der Waals surface area contributed by atoms with Crippen LogP contribution in [0, 0.1) is 22.0 Å². The predicted molar refractivity (Wildman–Crippen MR) is 69.4 cm³/mol. The van der Waals surface area contributed by atoms with E-state index in [4.69, 9.17) is 4.74 Å². The zero-order valence-corrected chi connectivity index (χ0v) is 10.5. The van der Waals surface area contributed by atoms with E-state index in [0.29, 0.717) is 12.3 Å². The molecule has 96 valence electrons. The lowest BCUT2D eigenvalue weighted by atomic mass is 10.1. The molecule has 0 aliphatic carbocycles. The van der Waals surface area contributed by atoms with Gasteiger partial charge in [0.15, 0.2) is 0 Å². The van der Waals surface area contributed by atoms with Crippen molar-refractivity contribution in [2.75, 3.05) is 13.2 Å². The van der Waals surface area contributed by atoms with Crippen molar-refractivity contribution in [1.82, 2.24) is 5.32 Å². The number of non-ortho nitro benzene ring substituents is 1. The SMILES string of the molecule is CC#CCOc1ccc([N+](=O)[O-])cc1CNCC. The van der Waals surface area contributed by atoms with E-state index in [9.17, 15) is 10.1 Å². The summed E-state index contributed by atoms with van der Waals surface area (Å²) in [5.74, 6) is 6.15. The minimum absolute atomic E-state index is 0.0665. The molecule has 1 aromatic rings. The van der Waals surface area contributed by atoms with Crippen LogP contribution in [0.15, 0.2) is 18.2 Å². The summed E-state index contributed by atoms with van der Waals surface area (Å²) in [5.41, 5.74) is 0.834. The Kier molecular flexibility index (Phi) is 5.68. The number of nitrogens with one attached hydrogen (secondary N) is 1. The van der Waals surface area contributed by atoms with Crippen LogP contribution in [-0.4, -0.2) is 18.1 Å². The maximum atomic E-state index is 10.7. The number of nitro groups is 1. The molecule has 1 N–H and O–H groups in total. The van der Waals surface area contributed by atoms with Crippen molar-refractivity contribution in [2.24, 2.45) is 0 Å². The zero-order valence-electron chi connectivity index (χ0n) is 10.5. The van der Waals surface area contributed by atoms with Crippen LogP contribution in [-0.2, 0) is 6.54 Å². The normalized spacial score (nSPS) is 9.44. The van der Waals surface area contributed by atoms with E-state index in [1.54, 1.807) is 13.0 Å². The van der Waals surface area contributed by atoms with E-state index in [0.717, 1.165) is 12.1 Å². The van der Waals surface area contributed by atoms with Crippen molar-refractivity contribution in [1.29, 1.82) is 0 Å². The first-order chi connectivity index (χ1) is 8.69. The lowest BCUT2D eigenvalue weighted by molar-refractivity contribution is -0.384. The third-order valence-corrected chi connectivity index (χ3v) is 2.30. The molecule has 0 aliphatic rings. The number of nitro benzene ring substituents is 1. The number of ether oxygens (including phenoxy) is 1. The minimum Gasteiger partial charge on any atom is -0.481 e. The van der Waals surface area contributed by atoms with Gasteiger partial charge in [0.05, 0.1) is 4.92 Å². The van der Waals surface area contributed by atoms with Gasteiger partial charge in [-0.2, -0.15) is 0 Å². The van der Waals surface area contributed by atoms with E-state index in [-0.39, 0.29) is 12.3 Å². The summed E-state index contributed by atoms with van der Waals surface area (Å²) in [5, 5.41) is 13.8. The summed E-state index contributed by atoms with van der Waals surface area (Å²) in [6.07, 6.45) is 0. The average molecular weight is 248 g/mol. The van der Waals surface area contributed by atoms with E-state index in [1.807, 2.05) is 6.92 Å². The Hall–Kier alpha value is -2.06. The van der Waals surface area contributed by atoms with Crippen molar-refractivity contribution < 1.29 is 9.66 Å². The van der Waals surface area contributed by atoms with Crippen LogP contribution in [0.5, 0.6) is 5.75 Å². The number of nitrogens with zero attached hydrogens (tertiary/aromatic N) is 1. The average Bonchev–Trinajstić information content (AvgIpc) is 2.37. The second-order valence-corrected chi connectivity index (χ2v) is 3.54. The summed E-state index contributed by atoms with van der Waals surface area (Å²) in [7, 11) is 0. The molecule has 0 saturated carbocycles. The van der Waals surface area contributed by atoms with Gasteiger partial charge >= 0.3 is 0 Å². The van der Waals surface area contributed by atoms with Gasteiger partial charge in [-0.1, -0.05) is 12.8 Å². The topological polar surface area (TPSA) is 64.4 Å². The first kappa shape index (κ1) is 14.0. The molecular formula is C13H16N2O3. The first-order valence-corrected chi connectivity index (χ1v) is 5.69. The maximum Gasteiger partial charge on any atom is 0.270 e. The van der Waals surface area contributed by atoms with Crippen LogP contribution in [0.2, 0.25) is 0 Å². The maximum absolute atomic E-state index is 10.7. The zero-order chi connectivity index (χ0) is 13.4. The largest absolute Gasteiger partial charge is 0.481 e. The van der Waals surface area contributed by atoms with Gasteiger partial charge in [-0.3, -0.25) is 10.1 Å². The van der Waals surface area contributed by atoms with Crippen molar-refractivity contribution in [3.05, 3.63) is 33.9 Å². The molecule has 0 spiro atoms. The van der Waals surface area contributed by atoms with Gasteiger partial charge in [-0.15, -0.1) is 5.92 Å². The molecule has 0 bridgehead atoms. The highest BCUT2D eigenvalue weighted by molar-refractivity contribution is 5.44. The van der Waals surface area contributed by atoms with Gasteiger partial charge in [-0.05, 0) is 19.5 Å². The summed E-state index contributed by atoms with van der Waals surface area (Å²) in [4.78, 5) is 10.3. The van der Waals surface area contributed by atoms with E-state index >= 15 is 0 Å². The first-order valence-electron chi connectivity index (χ1n) is 5.69. The Labute approximate surface area is 106 Å². The summed E-state index contributed by atoms with van der Waals surface area (Å²) < 4.78 is 5.47. The molecule has 0 aliphatic heterocycles. The summed E-state index contributed by atoms with van der Waals surface area (Å²) in [6.45, 7) is 5.32. The number of rotatable bonds is 6. The standard InChI is InChI=1S/C13H16N2O3/c1-3-5-8-18-13-7-6-12(15(16)17)9-11(13)10-14-4-2/h6-7,9,14H,4,8,10H2,1-2H3.